The normalized spacial score (nSPS) is 13.4. The Labute approximate surface area is 311 Å². The summed E-state index contributed by atoms with van der Waals surface area (Å²) in [6, 6.07) is 41.4. The van der Waals surface area contributed by atoms with Crippen LogP contribution in [0.4, 0.5) is 0 Å². The molecule has 264 valence electrons. The van der Waals surface area contributed by atoms with Gasteiger partial charge in [0.05, 0.1) is 0 Å². The van der Waals surface area contributed by atoms with Gasteiger partial charge in [0, 0.05) is 22.0 Å². The molecule has 1 nitrogen and oxygen atoms in total. The molecule has 51 heavy (non-hydrogen) atoms. The molecule has 0 saturated carbocycles. The SMILES string of the molecule is CC[Si](CC)(c1cccc2c1C=CC2)c1ccc(C)c(C)c1-c1cc(C(C)(C)c2ccccc2)cc(C(C)(C)c2ccccc2)c1O[Si](C)(C)C. The Morgan fingerprint density at radius 1 is 0.647 bits per heavy atom. The van der Waals surface area contributed by atoms with E-state index in [4.69, 9.17) is 4.43 Å². The van der Waals surface area contributed by atoms with Gasteiger partial charge in [0.25, 0.3) is 0 Å². The molecule has 1 aliphatic rings. The highest BCUT2D eigenvalue weighted by atomic mass is 28.4. The Balaban J connectivity index is 1.78. The summed E-state index contributed by atoms with van der Waals surface area (Å²) in [5.41, 5.74) is 13.0. The van der Waals surface area contributed by atoms with E-state index in [0.29, 0.717) is 0 Å². The molecule has 0 amide bonds. The van der Waals surface area contributed by atoms with Gasteiger partial charge in [-0.2, -0.15) is 0 Å². The smallest absolute Gasteiger partial charge is 0.242 e. The molecule has 0 aromatic heterocycles. The van der Waals surface area contributed by atoms with Crippen molar-refractivity contribution in [3.05, 3.63) is 154 Å². The molecule has 6 rings (SSSR count). The van der Waals surface area contributed by atoms with E-state index in [1.165, 1.54) is 55.6 Å². The summed E-state index contributed by atoms with van der Waals surface area (Å²) in [4.78, 5) is 0. The van der Waals surface area contributed by atoms with Crippen LogP contribution in [0.1, 0.15) is 86.1 Å². The van der Waals surface area contributed by atoms with E-state index in [1.807, 2.05) is 0 Å². The summed E-state index contributed by atoms with van der Waals surface area (Å²) >= 11 is 0. The number of hydrogen-bond donors (Lipinski definition) is 0. The maximum absolute atomic E-state index is 7.45. The Morgan fingerprint density at radius 2 is 1.25 bits per heavy atom. The van der Waals surface area contributed by atoms with Crippen LogP contribution in [0, 0.1) is 13.8 Å². The first kappa shape index (κ1) is 36.9. The zero-order chi connectivity index (χ0) is 36.8. The van der Waals surface area contributed by atoms with E-state index in [2.05, 4.69) is 190 Å². The third-order valence-corrected chi connectivity index (χ3v) is 18.1. The van der Waals surface area contributed by atoms with Crippen molar-refractivity contribution in [3.63, 3.8) is 0 Å². The minimum Gasteiger partial charge on any atom is -0.544 e. The lowest BCUT2D eigenvalue weighted by atomic mass is 9.71. The van der Waals surface area contributed by atoms with Crippen LogP contribution in [-0.4, -0.2) is 16.4 Å². The van der Waals surface area contributed by atoms with Gasteiger partial charge in [-0.1, -0.05) is 163 Å². The average molecular weight is 707 g/mol. The zero-order valence-electron chi connectivity index (χ0n) is 33.0. The first-order valence-corrected chi connectivity index (χ1v) is 24.9. The van der Waals surface area contributed by atoms with Crippen molar-refractivity contribution < 1.29 is 4.43 Å². The molecule has 0 spiro atoms. The molecule has 0 radical (unpaired) electrons. The lowest BCUT2D eigenvalue weighted by Crippen LogP contribution is -2.59. The van der Waals surface area contributed by atoms with Gasteiger partial charge >= 0.3 is 0 Å². The standard InChI is InChI=1S/C48H58OSi2/c1-12-51(13-2,43-29-21-23-36-22-20-28-40(36)43)44-31-30-34(3)35(4)45(44)41-32-39(47(5,6)37-24-16-14-17-25-37)33-42(46(41)49-50(9,10)11)48(7,8)38-26-18-15-19-27-38/h14-21,23-33H,12-13,22H2,1-11H3. The lowest BCUT2D eigenvalue weighted by molar-refractivity contribution is 0.521. The zero-order valence-corrected chi connectivity index (χ0v) is 35.0. The first-order chi connectivity index (χ1) is 24.2. The molecule has 0 atom stereocenters. The van der Waals surface area contributed by atoms with Gasteiger partial charge in [-0.05, 0) is 101 Å². The molecule has 0 heterocycles. The van der Waals surface area contributed by atoms with E-state index in [-0.39, 0.29) is 10.8 Å². The molecule has 0 aliphatic heterocycles. The van der Waals surface area contributed by atoms with Crippen LogP contribution in [-0.2, 0) is 17.3 Å². The number of benzene rings is 5. The summed E-state index contributed by atoms with van der Waals surface area (Å²) in [5, 5.41) is 3.13. The van der Waals surface area contributed by atoms with Crippen molar-refractivity contribution in [2.24, 2.45) is 0 Å². The summed E-state index contributed by atoms with van der Waals surface area (Å²) in [6.45, 7) is 26.1. The van der Waals surface area contributed by atoms with Crippen molar-refractivity contribution in [2.75, 3.05) is 0 Å². The van der Waals surface area contributed by atoms with Crippen LogP contribution < -0.4 is 14.8 Å². The van der Waals surface area contributed by atoms with Crippen molar-refractivity contribution >= 4 is 32.8 Å². The summed E-state index contributed by atoms with van der Waals surface area (Å²) in [5.74, 6) is 1.07. The molecule has 0 N–H and O–H groups in total. The Morgan fingerprint density at radius 3 is 1.84 bits per heavy atom. The topological polar surface area (TPSA) is 9.23 Å². The monoisotopic (exact) mass is 706 g/mol. The second-order valence-corrected chi connectivity index (χ2v) is 25.9. The fourth-order valence-electron chi connectivity index (χ4n) is 8.52. The minimum atomic E-state index is -2.27. The minimum absolute atomic E-state index is 0.234. The van der Waals surface area contributed by atoms with E-state index < -0.39 is 16.4 Å². The van der Waals surface area contributed by atoms with Gasteiger partial charge in [0.15, 0.2) is 0 Å². The van der Waals surface area contributed by atoms with Crippen LogP contribution >= 0.6 is 0 Å². The van der Waals surface area contributed by atoms with Crippen molar-refractivity contribution in [1.82, 2.24) is 0 Å². The fourth-order valence-corrected chi connectivity index (χ4v) is 14.0. The molecular weight excluding hydrogens is 649 g/mol. The number of fused-ring (bicyclic) bond motifs is 1. The maximum atomic E-state index is 7.45. The number of aryl methyl sites for hydroxylation is 1. The molecule has 0 unspecified atom stereocenters. The van der Waals surface area contributed by atoms with Crippen LogP contribution in [0.5, 0.6) is 5.75 Å². The molecule has 0 saturated heterocycles. The molecule has 1 aliphatic carbocycles. The largest absolute Gasteiger partial charge is 0.544 e. The second kappa shape index (κ2) is 13.9. The molecule has 0 bridgehead atoms. The Hall–Kier alpha value is -3.93. The van der Waals surface area contributed by atoms with E-state index in [1.54, 1.807) is 10.4 Å². The van der Waals surface area contributed by atoms with Crippen LogP contribution in [0.25, 0.3) is 17.2 Å². The van der Waals surface area contributed by atoms with Gasteiger partial charge in [0.2, 0.25) is 8.32 Å². The van der Waals surface area contributed by atoms with Crippen molar-refractivity contribution in [3.8, 4) is 16.9 Å². The van der Waals surface area contributed by atoms with Gasteiger partial charge in [-0.15, -0.1) is 0 Å². The highest BCUT2D eigenvalue weighted by molar-refractivity contribution is 7.03. The molecule has 5 aromatic carbocycles. The van der Waals surface area contributed by atoms with Gasteiger partial charge < -0.3 is 4.43 Å². The lowest BCUT2D eigenvalue weighted by Gasteiger charge is -2.38. The molecule has 3 heteroatoms. The predicted molar refractivity (Wildman–Crippen MR) is 228 cm³/mol. The van der Waals surface area contributed by atoms with Gasteiger partial charge in [-0.3, -0.25) is 0 Å². The third-order valence-electron chi connectivity index (χ3n) is 11.9. The van der Waals surface area contributed by atoms with Crippen molar-refractivity contribution in [2.45, 2.75) is 104 Å². The number of rotatable bonds is 11. The van der Waals surface area contributed by atoms with Gasteiger partial charge in [0.1, 0.15) is 13.8 Å². The first-order valence-electron chi connectivity index (χ1n) is 19.0. The highest BCUT2D eigenvalue weighted by Crippen LogP contribution is 2.48. The number of hydrogen-bond acceptors (Lipinski definition) is 1. The molecule has 0 fully saturated rings. The Kier molecular flexibility index (Phi) is 10.0. The number of allylic oxidation sites excluding steroid dienone is 1. The molecule has 5 aromatic rings. The predicted octanol–water partition coefficient (Wildman–Crippen LogP) is 12.0. The van der Waals surface area contributed by atoms with E-state index >= 15 is 0 Å². The summed E-state index contributed by atoms with van der Waals surface area (Å²) < 4.78 is 7.45. The average Bonchev–Trinajstić information content (AvgIpc) is 3.60. The highest BCUT2D eigenvalue weighted by Gasteiger charge is 2.41. The summed E-state index contributed by atoms with van der Waals surface area (Å²) in [6.07, 6.45) is 5.79. The van der Waals surface area contributed by atoms with Gasteiger partial charge in [-0.25, -0.2) is 0 Å². The van der Waals surface area contributed by atoms with Crippen LogP contribution in [0.2, 0.25) is 31.7 Å². The van der Waals surface area contributed by atoms with Crippen LogP contribution in [0.15, 0.2) is 109 Å². The second-order valence-electron chi connectivity index (χ2n) is 16.8. The fraction of sp³-hybridized carbons (Fsp3) is 0.333. The maximum Gasteiger partial charge on any atom is 0.242 e. The third kappa shape index (κ3) is 6.64. The van der Waals surface area contributed by atoms with Crippen molar-refractivity contribution in [1.29, 1.82) is 0 Å². The van der Waals surface area contributed by atoms with E-state index in [0.717, 1.165) is 24.3 Å². The van der Waals surface area contributed by atoms with E-state index in [9.17, 15) is 0 Å². The quantitative estimate of drug-likeness (QED) is 0.124. The van der Waals surface area contributed by atoms with Crippen LogP contribution in [0.3, 0.4) is 0 Å². The summed E-state index contributed by atoms with van der Waals surface area (Å²) in [7, 11) is -4.35. The Bertz CT molecular complexity index is 2060. The molecular formula is C48H58OSi2.